The second-order valence-electron chi connectivity index (χ2n) is 5.52. The lowest BCUT2D eigenvalue weighted by molar-refractivity contribution is 0.249. The summed E-state index contributed by atoms with van der Waals surface area (Å²) in [4.78, 5) is 9.09. The van der Waals surface area contributed by atoms with E-state index in [-0.39, 0.29) is 12.6 Å². The van der Waals surface area contributed by atoms with E-state index in [1.165, 1.54) is 0 Å². The van der Waals surface area contributed by atoms with Crippen LogP contribution in [0.3, 0.4) is 0 Å². The van der Waals surface area contributed by atoms with Crippen LogP contribution in [0.4, 0.5) is 11.8 Å². The lowest BCUT2D eigenvalue weighted by Gasteiger charge is -2.21. The largest absolute Gasteiger partial charge is 0.394 e. The van der Waals surface area contributed by atoms with Gasteiger partial charge in [-0.05, 0) is 24.5 Å². The summed E-state index contributed by atoms with van der Waals surface area (Å²) in [6.45, 7) is 7.17. The number of nitrogens with one attached hydrogen (secondary N) is 2. The molecule has 2 aromatic rings. The summed E-state index contributed by atoms with van der Waals surface area (Å²) in [6.07, 6.45) is 1.02. The molecule has 1 unspecified atom stereocenters. The molecular weight excluding hydrogens is 264 g/mol. The monoisotopic (exact) mass is 288 g/mol. The highest BCUT2D eigenvalue weighted by atomic mass is 16.3. The van der Waals surface area contributed by atoms with Crippen LogP contribution in [0, 0.1) is 5.92 Å². The fourth-order valence-electron chi connectivity index (χ4n) is 2.10. The van der Waals surface area contributed by atoms with E-state index in [1.54, 1.807) is 0 Å². The minimum Gasteiger partial charge on any atom is -0.394 e. The van der Waals surface area contributed by atoms with Crippen LogP contribution in [-0.4, -0.2) is 34.3 Å². The maximum Gasteiger partial charge on any atom is 0.225 e. The van der Waals surface area contributed by atoms with Gasteiger partial charge in [-0.15, -0.1) is 0 Å². The molecule has 0 fully saturated rings. The Kier molecular flexibility index (Phi) is 5.33. The van der Waals surface area contributed by atoms with Gasteiger partial charge >= 0.3 is 0 Å². The van der Waals surface area contributed by atoms with Crippen LogP contribution < -0.4 is 10.6 Å². The number of aliphatic hydroxyl groups excluding tert-OH is 1. The molecule has 21 heavy (non-hydrogen) atoms. The molecule has 1 heterocycles. The zero-order chi connectivity index (χ0) is 15.2. The summed E-state index contributed by atoms with van der Waals surface area (Å²) in [5, 5.41) is 17.1. The standard InChI is InChI=1S/C16H24N4O/c1-4-9-17-16-19-13-8-6-5-7-12(13)15(20-16)18-14(10-21)11(2)3/h5-8,11,14,21H,4,9-10H2,1-3H3,(H2,17,18,19,20). The van der Waals surface area contributed by atoms with E-state index >= 15 is 0 Å². The van der Waals surface area contributed by atoms with Crippen LogP contribution in [0.5, 0.6) is 0 Å². The Morgan fingerprint density at radius 1 is 1.19 bits per heavy atom. The van der Waals surface area contributed by atoms with Crippen molar-refractivity contribution < 1.29 is 5.11 Å². The van der Waals surface area contributed by atoms with E-state index < -0.39 is 0 Å². The normalized spacial score (nSPS) is 12.6. The van der Waals surface area contributed by atoms with E-state index in [4.69, 9.17) is 0 Å². The number of rotatable bonds is 7. The Morgan fingerprint density at radius 3 is 2.62 bits per heavy atom. The smallest absolute Gasteiger partial charge is 0.225 e. The minimum atomic E-state index is -0.0256. The molecule has 0 spiro atoms. The van der Waals surface area contributed by atoms with Crippen LogP contribution in [0.15, 0.2) is 24.3 Å². The average Bonchev–Trinajstić information content (AvgIpc) is 2.50. The molecule has 0 saturated carbocycles. The predicted molar refractivity (Wildman–Crippen MR) is 87.7 cm³/mol. The van der Waals surface area contributed by atoms with Crippen molar-refractivity contribution in [2.75, 3.05) is 23.8 Å². The van der Waals surface area contributed by atoms with Gasteiger partial charge in [0.15, 0.2) is 0 Å². The van der Waals surface area contributed by atoms with E-state index in [0.29, 0.717) is 11.9 Å². The first-order chi connectivity index (χ1) is 10.2. The van der Waals surface area contributed by atoms with Gasteiger partial charge in [0.1, 0.15) is 5.82 Å². The highest BCUT2D eigenvalue weighted by molar-refractivity contribution is 5.90. The molecule has 0 aliphatic rings. The van der Waals surface area contributed by atoms with Crippen molar-refractivity contribution >= 4 is 22.7 Å². The van der Waals surface area contributed by atoms with Crippen molar-refractivity contribution in [3.8, 4) is 0 Å². The van der Waals surface area contributed by atoms with E-state index in [1.807, 2.05) is 24.3 Å². The number of hydrogen-bond donors (Lipinski definition) is 3. The topological polar surface area (TPSA) is 70.1 Å². The number of aromatic nitrogens is 2. The molecule has 3 N–H and O–H groups in total. The van der Waals surface area contributed by atoms with Gasteiger partial charge < -0.3 is 15.7 Å². The average molecular weight is 288 g/mol. The number of fused-ring (bicyclic) bond motifs is 1. The van der Waals surface area contributed by atoms with Crippen molar-refractivity contribution in [2.24, 2.45) is 5.92 Å². The molecule has 0 aliphatic carbocycles. The lowest BCUT2D eigenvalue weighted by atomic mass is 10.1. The number of para-hydroxylation sites is 1. The zero-order valence-corrected chi connectivity index (χ0v) is 12.9. The number of nitrogens with zero attached hydrogens (tertiary/aromatic N) is 2. The summed E-state index contributed by atoms with van der Waals surface area (Å²) < 4.78 is 0. The first kappa shape index (κ1) is 15.5. The van der Waals surface area contributed by atoms with Crippen LogP contribution in [0.1, 0.15) is 27.2 Å². The second kappa shape index (κ2) is 7.22. The number of aliphatic hydroxyl groups is 1. The van der Waals surface area contributed by atoms with Gasteiger partial charge in [0, 0.05) is 11.9 Å². The van der Waals surface area contributed by atoms with Crippen molar-refractivity contribution in [3.63, 3.8) is 0 Å². The molecule has 5 heteroatoms. The maximum absolute atomic E-state index is 9.52. The van der Waals surface area contributed by atoms with Gasteiger partial charge in [0.2, 0.25) is 5.95 Å². The van der Waals surface area contributed by atoms with E-state index in [2.05, 4.69) is 41.4 Å². The Bertz CT molecular complexity index is 585. The Morgan fingerprint density at radius 2 is 1.95 bits per heavy atom. The molecular formula is C16H24N4O. The Labute approximate surface area is 125 Å². The summed E-state index contributed by atoms with van der Waals surface area (Å²) >= 11 is 0. The molecule has 0 saturated heterocycles. The fraction of sp³-hybridized carbons (Fsp3) is 0.500. The Balaban J connectivity index is 2.38. The summed E-state index contributed by atoms with van der Waals surface area (Å²) in [5.74, 6) is 1.71. The number of hydrogen-bond acceptors (Lipinski definition) is 5. The van der Waals surface area contributed by atoms with Gasteiger partial charge in [-0.3, -0.25) is 0 Å². The minimum absolute atomic E-state index is 0.0256. The van der Waals surface area contributed by atoms with Crippen molar-refractivity contribution in [3.05, 3.63) is 24.3 Å². The molecule has 5 nitrogen and oxygen atoms in total. The summed E-state index contributed by atoms with van der Waals surface area (Å²) in [7, 11) is 0. The molecule has 114 valence electrons. The van der Waals surface area contributed by atoms with Gasteiger partial charge in [-0.2, -0.15) is 4.98 Å². The molecule has 0 aliphatic heterocycles. The lowest BCUT2D eigenvalue weighted by Crippen LogP contribution is -2.30. The summed E-state index contributed by atoms with van der Waals surface area (Å²) in [5.41, 5.74) is 0.897. The van der Waals surface area contributed by atoms with Crippen molar-refractivity contribution in [1.29, 1.82) is 0 Å². The highest BCUT2D eigenvalue weighted by Crippen LogP contribution is 2.23. The van der Waals surface area contributed by atoms with Crippen LogP contribution in [0.25, 0.3) is 10.9 Å². The van der Waals surface area contributed by atoms with Gasteiger partial charge in [-0.1, -0.05) is 32.9 Å². The highest BCUT2D eigenvalue weighted by Gasteiger charge is 2.15. The first-order valence-corrected chi connectivity index (χ1v) is 7.53. The third kappa shape index (κ3) is 3.82. The maximum atomic E-state index is 9.52. The molecule has 0 amide bonds. The molecule has 1 aromatic heterocycles. The van der Waals surface area contributed by atoms with E-state index in [9.17, 15) is 5.11 Å². The van der Waals surface area contributed by atoms with Gasteiger partial charge in [0.25, 0.3) is 0 Å². The SMILES string of the molecule is CCCNc1nc(NC(CO)C(C)C)c2ccccc2n1. The summed E-state index contributed by atoms with van der Waals surface area (Å²) in [6, 6.07) is 7.88. The van der Waals surface area contributed by atoms with Crippen molar-refractivity contribution in [1.82, 2.24) is 9.97 Å². The predicted octanol–water partition coefficient (Wildman–Crippen LogP) is 2.88. The first-order valence-electron chi connectivity index (χ1n) is 7.53. The molecule has 0 radical (unpaired) electrons. The molecule has 0 bridgehead atoms. The van der Waals surface area contributed by atoms with Crippen LogP contribution >= 0.6 is 0 Å². The van der Waals surface area contributed by atoms with Crippen LogP contribution in [0.2, 0.25) is 0 Å². The third-order valence-electron chi connectivity index (χ3n) is 3.46. The Hall–Kier alpha value is -1.88. The third-order valence-corrected chi connectivity index (χ3v) is 3.46. The number of anilines is 2. The van der Waals surface area contributed by atoms with Gasteiger partial charge in [0.05, 0.1) is 18.2 Å². The second-order valence-corrected chi connectivity index (χ2v) is 5.52. The van der Waals surface area contributed by atoms with E-state index in [0.717, 1.165) is 29.7 Å². The van der Waals surface area contributed by atoms with Crippen LogP contribution in [-0.2, 0) is 0 Å². The molecule has 2 rings (SSSR count). The zero-order valence-electron chi connectivity index (χ0n) is 12.9. The fourth-order valence-corrected chi connectivity index (χ4v) is 2.10. The van der Waals surface area contributed by atoms with Crippen molar-refractivity contribution in [2.45, 2.75) is 33.2 Å². The quantitative estimate of drug-likeness (QED) is 0.731. The number of benzene rings is 1. The van der Waals surface area contributed by atoms with Gasteiger partial charge in [-0.25, -0.2) is 4.98 Å². The molecule has 1 atom stereocenters. The molecule has 1 aromatic carbocycles.